The molecule has 2 unspecified atom stereocenters. The zero-order valence-electron chi connectivity index (χ0n) is 16.0. The second kappa shape index (κ2) is 11.3. The molecule has 4 nitrogen and oxygen atoms in total. The van der Waals surface area contributed by atoms with Crippen molar-refractivity contribution in [3.8, 4) is 0 Å². The molecular weight excluding hydrogens is 316 g/mol. The van der Waals surface area contributed by atoms with Gasteiger partial charge in [0.25, 0.3) is 0 Å². The fourth-order valence-corrected chi connectivity index (χ4v) is 4.11. The summed E-state index contributed by atoms with van der Waals surface area (Å²) in [6.07, 6.45) is 15.1. The van der Waals surface area contributed by atoms with Crippen molar-refractivity contribution in [2.75, 3.05) is 0 Å². The fourth-order valence-electron chi connectivity index (χ4n) is 4.11. The Hall–Kier alpha value is -1.32. The summed E-state index contributed by atoms with van der Waals surface area (Å²) in [5, 5.41) is 19.8. The van der Waals surface area contributed by atoms with Crippen molar-refractivity contribution in [1.82, 2.24) is 0 Å². The van der Waals surface area contributed by atoms with Gasteiger partial charge in [-0.15, -0.1) is 0 Å². The van der Waals surface area contributed by atoms with E-state index < -0.39 is 23.3 Å². The number of carboxylic acid groups (broad SMARTS) is 2. The molecule has 2 N–H and O–H groups in total. The molecule has 0 aromatic carbocycles. The minimum Gasteiger partial charge on any atom is -0.480 e. The zero-order valence-corrected chi connectivity index (χ0v) is 16.0. The quantitative estimate of drug-likeness (QED) is 0.254. The van der Waals surface area contributed by atoms with Crippen molar-refractivity contribution in [1.29, 1.82) is 0 Å². The lowest BCUT2D eigenvalue weighted by Gasteiger charge is -2.36. The normalized spacial score (nSPS) is 18.9. The van der Waals surface area contributed by atoms with Crippen LogP contribution in [0.1, 0.15) is 90.9 Å². The molecule has 144 valence electrons. The number of rotatable bonds is 13. The van der Waals surface area contributed by atoms with Crippen LogP contribution in [0.25, 0.3) is 0 Å². The summed E-state index contributed by atoms with van der Waals surface area (Å²) in [6.45, 7) is 4.30. The molecule has 0 spiro atoms. The van der Waals surface area contributed by atoms with Gasteiger partial charge in [-0.1, -0.05) is 77.4 Å². The zero-order chi connectivity index (χ0) is 18.7. The molecule has 0 amide bonds. The van der Waals surface area contributed by atoms with E-state index in [1.807, 2.05) is 12.2 Å². The van der Waals surface area contributed by atoms with Crippen molar-refractivity contribution < 1.29 is 19.8 Å². The molecule has 0 radical (unpaired) electrons. The molecule has 1 aliphatic carbocycles. The average Bonchev–Trinajstić information content (AvgIpc) is 2.60. The van der Waals surface area contributed by atoms with Crippen LogP contribution in [0.4, 0.5) is 0 Å². The standard InChI is InChI=1S/C21H36O4/c1-3-5-7-9-13-17(12-6-4-2)16-21(19(22)23,20(24)25)18-14-10-8-11-15-18/h10,14,17-18H,3-9,11-13,15-16H2,1-2H3,(H,22,23)(H,24,25). The number of carboxylic acids is 2. The van der Waals surface area contributed by atoms with Gasteiger partial charge in [0.1, 0.15) is 0 Å². The largest absolute Gasteiger partial charge is 0.480 e. The Labute approximate surface area is 152 Å². The molecule has 1 aliphatic rings. The first-order chi connectivity index (χ1) is 12.0. The minimum absolute atomic E-state index is 0.180. The van der Waals surface area contributed by atoms with Crippen LogP contribution in [-0.2, 0) is 9.59 Å². The molecule has 0 saturated carbocycles. The smallest absolute Gasteiger partial charge is 0.321 e. The van der Waals surface area contributed by atoms with E-state index in [2.05, 4.69) is 13.8 Å². The van der Waals surface area contributed by atoms with Crippen LogP contribution in [-0.4, -0.2) is 22.2 Å². The van der Waals surface area contributed by atoms with E-state index in [4.69, 9.17) is 0 Å². The lowest BCUT2D eigenvalue weighted by atomic mass is 9.65. The Morgan fingerprint density at radius 3 is 2.20 bits per heavy atom. The maximum absolute atomic E-state index is 12.1. The molecule has 0 aromatic heterocycles. The Kier molecular flexibility index (Phi) is 9.84. The Morgan fingerprint density at radius 1 is 1.04 bits per heavy atom. The summed E-state index contributed by atoms with van der Waals surface area (Å²) in [4.78, 5) is 24.3. The van der Waals surface area contributed by atoms with Gasteiger partial charge in [-0.25, -0.2) is 0 Å². The third-order valence-electron chi connectivity index (χ3n) is 5.69. The van der Waals surface area contributed by atoms with Crippen LogP contribution in [0.15, 0.2) is 12.2 Å². The van der Waals surface area contributed by atoms with Crippen LogP contribution in [0.2, 0.25) is 0 Å². The highest BCUT2D eigenvalue weighted by Crippen LogP contribution is 2.43. The van der Waals surface area contributed by atoms with Crippen molar-refractivity contribution in [2.24, 2.45) is 17.3 Å². The van der Waals surface area contributed by atoms with Gasteiger partial charge in [0.05, 0.1) is 0 Å². The topological polar surface area (TPSA) is 74.6 Å². The molecule has 0 fully saturated rings. The third kappa shape index (κ3) is 6.16. The van der Waals surface area contributed by atoms with E-state index in [9.17, 15) is 19.8 Å². The van der Waals surface area contributed by atoms with E-state index in [0.29, 0.717) is 6.42 Å². The highest BCUT2D eigenvalue weighted by atomic mass is 16.4. The van der Waals surface area contributed by atoms with Crippen LogP contribution in [0.5, 0.6) is 0 Å². The molecule has 2 atom stereocenters. The van der Waals surface area contributed by atoms with Gasteiger partial charge in [-0.3, -0.25) is 9.59 Å². The van der Waals surface area contributed by atoms with E-state index in [-0.39, 0.29) is 12.3 Å². The molecule has 1 rings (SSSR count). The molecule has 0 aliphatic heterocycles. The van der Waals surface area contributed by atoms with Crippen LogP contribution in [0.3, 0.4) is 0 Å². The fraction of sp³-hybridized carbons (Fsp3) is 0.810. The van der Waals surface area contributed by atoms with Crippen molar-refractivity contribution in [3.05, 3.63) is 12.2 Å². The first-order valence-corrected chi connectivity index (χ1v) is 10.1. The average molecular weight is 353 g/mol. The lowest BCUT2D eigenvalue weighted by Crippen LogP contribution is -2.47. The molecular formula is C21H36O4. The van der Waals surface area contributed by atoms with E-state index in [1.54, 1.807) is 0 Å². The first kappa shape index (κ1) is 21.7. The van der Waals surface area contributed by atoms with E-state index in [0.717, 1.165) is 51.4 Å². The summed E-state index contributed by atoms with van der Waals surface area (Å²) >= 11 is 0. The number of unbranched alkanes of at least 4 members (excludes halogenated alkanes) is 4. The van der Waals surface area contributed by atoms with Crippen LogP contribution >= 0.6 is 0 Å². The van der Waals surface area contributed by atoms with Crippen molar-refractivity contribution in [2.45, 2.75) is 90.9 Å². The highest BCUT2D eigenvalue weighted by molar-refractivity contribution is 5.99. The monoisotopic (exact) mass is 352 g/mol. The Morgan fingerprint density at radius 2 is 1.68 bits per heavy atom. The molecule has 0 bridgehead atoms. The number of hydrogen-bond donors (Lipinski definition) is 2. The SMILES string of the molecule is CCCCCCC(CCCC)CC(C(=O)O)(C(=O)O)C1C=CCCC1. The van der Waals surface area contributed by atoms with Gasteiger partial charge in [0, 0.05) is 5.92 Å². The summed E-state index contributed by atoms with van der Waals surface area (Å²) in [5.41, 5.74) is -1.67. The van der Waals surface area contributed by atoms with Gasteiger partial charge in [0.15, 0.2) is 5.41 Å². The molecule has 0 heterocycles. The second-order valence-corrected chi connectivity index (χ2v) is 7.61. The van der Waals surface area contributed by atoms with Gasteiger partial charge < -0.3 is 10.2 Å². The van der Waals surface area contributed by atoms with E-state index in [1.165, 1.54) is 12.8 Å². The predicted octanol–water partition coefficient (Wildman–Crippen LogP) is 5.67. The van der Waals surface area contributed by atoms with Gasteiger partial charge in [0.2, 0.25) is 0 Å². The Balaban J connectivity index is 2.96. The first-order valence-electron chi connectivity index (χ1n) is 10.1. The molecule has 25 heavy (non-hydrogen) atoms. The maximum Gasteiger partial charge on any atom is 0.321 e. The molecule has 0 aromatic rings. The number of hydrogen-bond acceptors (Lipinski definition) is 2. The summed E-state index contributed by atoms with van der Waals surface area (Å²) in [5.74, 6) is -2.53. The Bertz CT molecular complexity index is 427. The summed E-state index contributed by atoms with van der Waals surface area (Å²) in [6, 6.07) is 0. The predicted molar refractivity (Wildman–Crippen MR) is 101 cm³/mol. The van der Waals surface area contributed by atoms with Crippen LogP contribution in [0, 0.1) is 17.3 Å². The molecule has 4 heteroatoms. The highest BCUT2D eigenvalue weighted by Gasteiger charge is 2.52. The molecule has 0 saturated heterocycles. The van der Waals surface area contributed by atoms with Crippen molar-refractivity contribution >= 4 is 11.9 Å². The second-order valence-electron chi connectivity index (χ2n) is 7.61. The number of allylic oxidation sites excluding steroid dienone is 2. The van der Waals surface area contributed by atoms with Gasteiger partial charge in [-0.2, -0.15) is 0 Å². The van der Waals surface area contributed by atoms with E-state index >= 15 is 0 Å². The number of aliphatic carboxylic acids is 2. The van der Waals surface area contributed by atoms with Crippen LogP contribution < -0.4 is 0 Å². The van der Waals surface area contributed by atoms with Gasteiger partial charge >= 0.3 is 11.9 Å². The lowest BCUT2D eigenvalue weighted by molar-refractivity contribution is -0.170. The third-order valence-corrected chi connectivity index (χ3v) is 5.69. The maximum atomic E-state index is 12.1. The summed E-state index contributed by atoms with van der Waals surface area (Å²) < 4.78 is 0. The van der Waals surface area contributed by atoms with Crippen molar-refractivity contribution in [3.63, 3.8) is 0 Å². The minimum atomic E-state index is -1.67. The van der Waals surface area contributed by atoms with Gasteiger partial charge in [-0.05, 0) is 31.6 Å². The number of carbonyl (C=O) groups is 2. The summed E-state index contributed by atoms with van der Waals surface area (Å²) in [7, 11) is 0.